The number of hydrogen-bond acceptors (Lipinski definition) is 3. The van der Waals surface area contributed by atoms with E-state index in [2.05, 4.69) is 17.3 Å². The maximum Gasteiger partial charge on any atom is 0.254 e. The van der Waals surface area contributed by atoms with Crippen molar-refractivity contribution in [3.63, 3.8) is 0 Å². The molecule has 0 aromatic heterocycles. The molecule has 1 heterocycles. The van der Waals surface area contributed by atoms with Crippen molar-refractivity contribution in [1.29, 1.82) is 0 Å². The van der Waals surface area contributed by atoms with E-state index in [1.54, 1.807) is 6.21 Å². The van der Waals surface area contributed by atoms with Gasteiger partial charge in [-0.1, -0.05) is 42.0 Å². The van der Waals surface area contributed by atoms with Gasteiger partial charge in [0.1, 0.15) is 0 Å². The van der Waals surface area contributed by atoms with Crippen LogP contribution in [0.4, 0.5) is 0 Å². The molecule has 6 rings (SSSR count). The number of hydrazone groups is 1. The molecule has 6 atom stereocenters. The van der Waals surface area contributed by atoms with Crippen LogP contribution in [0.1, 0.15) is 17.5 Å². The summed E-state index contributed by atoms with van der Waals surface area (Å²) in [7, 11) is 0. The first-order valence-corrected chi connectivity index (χ1v) is 8.32. The summed E-state index contributed by atoms with van der Waals surface area (Å²) in [5.74, 6) is 1.22. The van der Waals surface area contributed by atoms with E-state index in [9.17, 15) is 9.59 Å². The molecule has 4 aliphatic carbocycles. The third-order valence-corrected chi connectivity index (χ3v) is 6.04. The van der Waals surface area contributed by atoms with E-state index in [-0.39, 0.29) is 35.5 Å². The number of hydrogen-bond donors (Lipinski definition) is 0. The fourth-order valence-corrected chi connectivity index (χ4v) is 4.83. The van der Waals surface area contributed by atoms with Crippen molar-refractivity contribution in [1.82, 2.24) is 5.01 Å². The number of carbonyl (C=O) groups is 2. The van der Waals surface area contributed by atoms with Crippen molar-refractivity contribution in [2.75, 3.05) is 0 Å². The number of imide groups is 1. The predicted molar refractivity (Wildman–Crippen MR) is 85.3 cm³/mol. The van der Waals surface area contributed by atoms with Gasteiger partial charge in [0.25, 0.3) is 11.8 Å². The van der Waals surface area contributed by atoms with E-state index in [1.165, 1.54) is 12.0 Å². The Morgan fingerprint density at radius 3 is 2.13 bits per heavy atom. The van der Waals surface area contributed by atoms with E-state index in [4.69, 9.17) is 0 Å². The zero-order valence-electron chi connectivity index (χ0n) is 12.9. The van der Waals surface area contributed by atoms with Crippen LogP contribution in [0.25, 0.3) is 0 Å². The molecular weight excluding hydrogens is 288 g/mol. The number of allylic oxidation sites excluding steroid dienone is 2. The number of nitrogens with zero attached hydrogens (tertiary/aromatic N) is 2. The molecule has 2 saturated carbocycles. The fourth-order valence-electron chi connectivity index (χ4n) is 4.83. The molecule has 0 unspecified atom stereocenters. The first-order chi connectivity index (χ1) is 11.1. The first kappa shape index (κ1) is 13.2. The fraction of sp³-hybridized carbons (Fsp3) is 0.421. The van der Waals surface area contributed by atoms with Gasteiger partial charge < -0.3 is 0 Å². The van der Waals surface area contributed by atoms with Crippen LogP contribution in [-0.2, 0) is 9.59 Å². The lowest BCUT2D eigenvalue weighted by Gasteiger charge is -2.37. The van der Waals surface area contributed by atoms with Gasteiger partial charge in [-0.2, -0.15) is 10.1 Å². The van der Waals surface area contributed by atoms with Crippen LogP contribution in [0.5, 0.6) is 0 Å². The van der Waals surface area contributed by atoms with Crippen LogP contribution in [0, 0.1) is 42.4 Å². The standard InChI is InChI=1S/C19H18N2O2/c1-10-2-4-11(5-3-10)9-20-21-18(22)16-12-6-7-13(15-8-14(12)15)17(16)19(21)23/h2-7,9,12-17H,8H2,1H3/b20-9-/t12-,13-,14-,15+,16-,17+/m0/s1. The van der Waals surface area contributed by atoms with Gasteiger partial charge in [-0.3, -0.25) is 9.59 Å². The summed E-state index contributed by atoms with van der Waals surface area (Å²) >= 11 is 0. The van der Waals surface area contributed by atoms with Crippen LogP contribution < -0.4 is 0 Å². The SMILES string of the molecule is Cc1ccc(/C=N\N2C(=O)[C@@H]3[C@H]4C=C[C@@H]([C@@H]5C[C@H]45)[C@@H]3C2=O)cc1. The Bertz CT molecular complexity index is 728. The average Bonchev–Trinajstić information content (AvgIpc) is 3.33. The highest BCUT2D eigenvalue weighted by atomic mass is 16.2. The smallest absolute Gasteiger partial charge is 0.254 e. The van der Waals surface area contributed by atoms with Crippen molar-refractivity contribution >= 4 is 18.0 Å². The molecule has 4 heteroatoms. The minimum absolute atomic E-state index is 0.104. The lowest BCUT2D eigenvalue weighted by Crippen LogP contribution is -2.40. The molecule has 1 aromatic rings. The molecule has 23 heavy (non-hydrogen) atoms. The van der Waals surface area contributed by atoms with Crippen molar-refractivity contribution in [2.24, 2.45) is 40.6 Å². The monoisotopic (exact) mass is 306 g/mol. The molecule has 2 bridgehead atoms. The van der Waals surface area contributed by atoms with Crippen molar-refractivity contribution in [2.45, 2.75) is 13.3 Å². The molecule has 1 aromatic carbocycles. The maximum absolute atomic E-state index is 12.7. The number of amides is 2. The highest BCUT2D eigenvalue weighted by Crippen LogP contribution is 2.65. The Hall–Kier alpha value is -2.23. The highest BCUT2D eigenvalue weighted by Gasteiger charge is 2.67. The van der Waals surface area contributed by atoms with Crippen LogP contribution in [-0.4, -0.2) is 23.0 Å². The molecule has 4 nitrogen and oxygen atoms in total. The summed E-state index contributed by atoms with van der Waals surface area (Å²) in [4.78, 5) is 25.5. The third-order valence-electron chi connectivity index (χ3n) is 6.04. The maximum atomic E-state index is 12.7. The Morgan fingerprint density at radius 2 is 1.57 bits per heavy atom. The molecule has 1 saturated heterocycles. The van der Waals surface area contributed by atoms with Gasteiger partial charge in [0.05, 0.1) is 18.1 Å². The summed E-state index contributed by atoms with van der Waals surface area (Å²) in [6, 6.07) is 7.87. The molecule has 3 fully saturated rings. The Balaban J connectivity index is 1.44. The minimum Gasteiger partial charge on any atom is -0.272 e. The molecule has 5 aliphatic rings. The Kier molecular flexibility index (Phi) is 2.53. The van der Waals surface area contributed by atoms with Gasteiger partial charge in [-0.15, -0.1) is 0 Å². The van der Waals surface area contributed by atoms with Gasteiger partial charge in [-0.05, 0) is 42.6 Å². The second-order valence-electron chi connectivity index (χ2n) is 7.30. The van der Waals surface area contributed by atoms with Gasteiger partial charge in [-0.25, -0.2) is 0 Å². The van der Waals surface area contributed by atoms with E-state index in [1.807, 2.05) is 31.2 Å². The van der Waals surface area contributed by atoms with Gasteiger partial charge in [0.2, 0.25) is 0 Å². The van der Waals surface area contributed by atoms with E-state index >= 15 is 0 Å². The van der Waals surface area contributed by atoms with Crippen LogP contribution in [0.15, 0.2) is 41.5 Å². The molecular formula is C19H18N2O2. The number of aryl methyl sites for hydroxylation is 1. The van der Waals surface area contributed by atoms with Gasteiger partial charge in [0, 0.05) is 0 Å². The van der Waals surface area contributed by atoms with Gasteiger partial charge in [0.15, 0.2) is 0 Å². The van der Waals surface area contributed by atoms with Gasteiger partial charge >= 0.3 is 0 Å². The first-order valence-electron chi connectivity index (χ1n) is 8.32. The number of carbonyl (C=O) groups excluding carboxylic acids is 2. The second kappa shape index (κ2) is 4.40. The largest absolute Gasteiger partial charge is 0.272 e. The zero-order valence-corrected chi connectivity index (χ0v) is 12.9. The summed E-state index contributed by atoms with van der Waals surface area (Å²) in [6.07, 6.45) is 7.15. The lowest BCUT2D eigenvalue weighted by molar-refractivity contribution is -0.140. The molecule has 116 valence electrons. The van der Waals surface area contributed by atoms with Crippen LogP contribution in [0.3, 0.4) is 0 Å². The Labute approximate surface area is 134 Å². The van der Waals surface area contributed by atoms with Crippen LogP contribution >= 0.6 is 0 Å². The Morgan fingerprint density at radius 1 is 1.00 bits per heavy atom. The van der Waals surface area contributed by atoms with Crippen molar-refractivity contribution < 1.29 is 9.59 Å². The lowest BCUT2D eigenvalue weighted by atomic mass is 9.63. The predicted octanol–water partition coefficient (Wildman–Crippen LogP) is 2.38. The summed E-state index contributed by atoms with van der Waals surface area (Å²) in [6.45, 7) is 2.02. The molecule has 0 spiro atoms. The highest BCUT2D eigenvalue weighted by molar-refractivity contribution is 6.06. The zero-order chi connectivity index (χ0) is 15.7. The summed E-state index contributed by atoms with van der Waals surface area (Å²) in [5, 5.41) is 5.36. The molecule has 0 N–H and O–H groups in total. The van der Waals surface area contributed by atoms with E-state index in [0.29, 0.717) is 11.8 Å². The normalized spacial score (nSPS) is 40.0. The third kappa shape index (κ3) is 1.75. The quantitative estimate of drug-likeness (QED) is 0.478. The van der Waals surface area contributed by atoms with Crippen LogP contribution in [0.2, 0.25) is 0 Å². The second-order valence-corrected chi connectivity index (χ2v) is 7.30. The van der Waals surface area contributed by atoms with Crippen molar-refractivity contribution in [3.05, 3.63) is 47.5 Å². The van der Waals surface area contributed by atoms with E-state index in [0.717, 1.165) is 10.6 Å². The number of rotatable bonds is 2. The molecule has 0 radical (unpaired) electrons. The van der Waals surface area contributed by atoms with E-state index < -0.39 is 0 Å². The minimum atomic E-state index is -0.170. The summed E-state index contributed by atoms with van der Waals surface area (Å²) in [5.41, 5.74) is 2.07. The molecule has 1 aliphatic heterocycles. The molecule has 2 amide bonds. The average molecular weight is 306 g/mol. The van der Waals surface area contributed by atoms with Crippen molar-refractivity contribution in [3.8, 4) is 0 Å². The summed E-state index contributed by atoms with van der Waals surface area (Å²) < 4.78 is 0. The number of benzene rings is 1. The topological polar surface area (TPSA) is 49.7 Å².